The summed E-state index contributed by atoms with van der Waals surface area (Å²) in [5, 5.41) is 14.2. The van der Waals surface area contributed by atoms with Crippen molar-refractivity contribution < 1.29 is 9.72 Å². The van der Waals surface area contributed by atoms with Gasteiger partial charge in [-0.15, -0.1) is 0 Å². The maximum Gasteiger partial charge on any atom is 0.282 e. The highest BCUT2D eigenvalue weighted by Crippen LogP contribution is 2.25. The molecule has 1 unspecified atom stereocenters. The molecule has 1 aliphatic rings. The summed E-state index contributed by atoms with van der Waals surface area (Å²) in [4.78, 5) is 25.2. The fourth-order valence-electron chi connectivity index (χ4n) is 2.85. The molecule has 0 saturated carbocycles. The maximum absolute atomic E-state index is 12.8. The average molecular weight is 291 g/mol. The minimum absolute atomic E-state index is 0.108. The average Bonchev–Trinajstić information content (AvgIpc) is 2.47. The second kappa shape index (κ2) is 6.67. The minimum Gasteiger partial charge on any atom is -0.334 e. The van der Waals surface area contributed by atoms with Gasteiger partial charge >= 0.3 is 0 Å². The van der Waals surface area contributed by atoms with Gasteiger partial charge in [-0.1, -0.05) is 6.07 Å². The van der Waals surface area contributed by atoms with E-state index in [2.05, 4.69) is 5.32 Å². The van der Waals surface area contributed by atoms with Crippen molar-refractivity contribution in [3.8, 4) is 0 Å². The lowest BCUT2D eigenvalue weighted by Crippen LogP contribution is -2.48. The van der Waals surface area contributed by atoms with E-state index >= 15 is 0 Å². The number of nitro groups is 1. The number of nitrogens with one attached hydrogen (secondary N) is 1. The van der Waals surface area contributed by atoms with E-state index in [0.29, 0.717) is 13.1 Å². The van der Waals surface area contributed by atoms with Crippen molar-refractivity contribution in [1.82, 2.24) is 10.2 Å². The third kappa shape index (κ3) is 3.39. The largest absolute Gasteiger partial charge is 0.334 e. The van der Waals surface area contributed by atoms with Crippen LogP contribution >= 0.6 is 0 Å². The minimum atomic E-state index is -0.482. The van der Waals surface area contributed by atoms with Gasteiger partial charge in [-0.2, -0.15) is 0 Å². The Morgan fingerprint density at radius 2 is 2.24 bits per heavy atom. The molecular formula is C15H21N3O3. The molecule has 0 spiro atoms. The number of amides is 1. The molecule has 6 nitrogen and oxygen atoms in total. The summed E-state index contributed by atoms with van der Waals surface area (Å²) in [5.74, 6) is -0.231. The number of piperidine rings is 1. The molecule has 1 aliphatic heterocycles. The zero-order valence-corrected chi connectivity index (χ0v) is 12.5. The summed E-state index contributed by atoms with van der Waals surface area (Å²) in [7, 11) is 1.85. The SMILES string of the molecule is CNCC1CCCCN1C(=O)c1cc(C)ccc1[N+](=O)[O-]. The maximum atomic E-state index is 12.8. The van der Waals surface area contributed by atoms with Crippen molar-refractivity contribution in [2.24, 2.45) is 0 Å². The van der Waals surface area contributed by atoms with Crippen molar-refractivity contribution in [3.63, 3.8) is 0 Å². The van der Waals surface area contributed by atoms with Gasteiger partial charge < -0.3 is 10.2 Å². The van der Waals surface area contributed by atoms with Crippen molar-refractivity contribution in [2.45, 2.75) is 32.2 Å². The van der Waals surface area contributed by atoms with Gasteiger partial charge in [0.25, 0.3) is 11.6 Å². The smallest absolute Gasteiger partial charge is 0.282 e. The van der Waals surface area contributed by atoms with Crippen LogP contribution in [0.2, 0.25) is 0 Å². The van der Waals surface area contributed by atoms with Crippen LogP contribution in [0.5, 0.6) is 0 Å². The summed E-state index contributed by atoms with van der Waals surface area (Å²) in [6.07, 6.45) is 2.98. The van der Waals surface area contributed by atoms with E-state index in [1.165, 1.54) is 6.07 Å². The van der Waals surface area contributed by atoms with Crippen LogP contribution in [0.3, 0.4) is 0 Å². The molecule has 0 aliphatic carbocycles. The summed E-state index contributed by atoms with van der Waals surface area (Å²) in [6, 6.07) is 4.80. The van der Waals surface area contributed by atoms with E-state index in [9.17, 15) is 14.9 Å². The first-order chi connectivity index (χ1) is 10.0. The molecule has 21 heavy (non-hydrogen) atoms. The number of hydrogen-bond donors (Lipinski definition) is 1. The molecule has 2 rings (SSSR count). The molecule has 0 radical (unpaired) electrons. The van der Waals surface area contributed by atoms with E-state index in [4.69, 9.17) is 0 Å². The summed E-state index contributed by atoms with van der Waals surface area (Å²) in [5.41, 5.74) is 0.938. The van der Waals surface area contributed by atoms with Crippen LogP contribution in [0, 0.1) is 17.0 Å². The van der Waals surface area contributed by atoms with Gasteiger partial charge in [0.1, 0.15) is 5.56 Å². The lowest BCUT2D eigenvalue weighted by atomic mass is 9.99. The Morgan fingerprint density at radius 3 is 2.90 bits per heavy atom. The molecule has 1 aromatic carbocycles. The molecule has 114 valence electrons. The Bertz CT molecular complexity index is 543. The summed E-state index contributed by atoms with van der Waals surface area (Å²) in [6.45, 7) is 3.21. The highest BCUT2D eigenvalue weighted by atomic mass is 16.6. The Hall–Kier alpha value is -1.95. The van der Waals surface area contributed by atoms with E-state index in [-0.39, 0.29) is 23.2 Å². The van der Waals surface area contributed by atoms with Crippen LogP contribution in [0.15, 0.2) is 18.2 Å². The first-order valence-electron chi connectivity index (χ1n) is 7.25. The molecule has 6 heteroatoms. The Kier molecular flexibility index (Phi) is 4.90. The van der Waals surface area contributed by atoms with Gasteiger partial charge in [-0.05, 0) is 44.9 Å². The third-order valence-electron chi connectivity index (χ3n) is 3.91. The predicted octanol–water partition coefficient (Wildman–Crippen LogP) is 2.12. The third-order valence-corrected chi connectivity index (χ3v) is 3.91. The van der Waals surface area contributed by atoms with Crippen LogP contribution in [0.25, 0.3) is 0 Å². The van der Waals surface area contributed by atoms with Gasteiger partial charge in [-0.3, -0.25) is 14.9 Å². The van der Waals surface area contributed by atoms with Gasteiger partial charge in [0, 0.05) is 25.2 Å². The molecule has 0 bridgehead atoms. The Labute approximate surface area is 124 Å². The molecule has 1 fully saturated rings. The van der Waals surface area contributed by atoms with Crippen molar-refractivity contribution in [3.05, 3.63) is 39.4 Å². The van der Waals surface area contributed by atoms with Crippen LogP contribution in [-0.4, -0.2) is 41.9 Å². The number of likely N-dealkylation sites (tertiary alicyclic amines) is 1. The second-order valence-electron chi connectivity index (χ2n) is 5.48. The lowest BCUT2D eigenvalue weighted by Gasteiger charge is -2.35. The normalized spacial score (nSPS) is 18.6. The molecule has 1 N–H and O–H groups in total. The Balaban J connectivity index is 2.33. The summed E-state index contributed by atoms with van der Waals surface area (Å²) >= 11 is 0. The highest BCUT2D eigenvalue weighted by molar-refractivity contribution is 5.98. The molecule has 1 aromatic rings. The van der Waals surface area contributed by atoms with Crippen LogP contribution in [0.4, 0.5) is 5.69 Å². The topological polar surface area (TPSA) is 75.5 Å². The quantitative estimate of drug-likeness (QED) is 0.681. The number of carbonyl (C=O) groups excluding carboxylic acids is 1. The number of rotatable bonds is 4. The van der Waals surface area contributed by atoms with E-state index in [1.807, 2.05) is 14.0 Å². The van der Waals surface area contributed by atoms with Crippen LogP contribution in [0.1, 0.15) is 35.2 Å². The molecular weight excluding hydrogens is 270 g/mol. The number of likely N-dealkylation sites (N-methyl/N-ethyl adjacent to an activating group) is 1. The molecule has 1 atom stereocenters. The molecule has 1 amide bonds. The number of nitrogens with zero attached hydrogens (tertiary/aromatic N) is 2. The van der Waals surface area contributed by atoms with Gasteiger partial charge in [-0.25, -0.2) is 0 Å². The fraction of sp³-hybridized carbons (Fsp3) is 0.533. The fourth-order valence-corrected chi connectivity index (χ4v) is 2.85. The lowest BCUT2D eigenvalue weighted by molar-refractivity contribution is -0.385. The predicted molar refractivity (Wildman–Crippen MR) is 80.4 cm³/mol. The van der Waals surface area contributed by atoms with Crippen molar-refractivity contribution >= 4 is 11.6 Å². The number of carbonyl (C=O) groups is 1. The first-order valence-corrected chi connectivity index (χ1v) is 7.25. The standard InChI is InChI=1S/C15H21N3O3/c1-11-6-7-14(18(20)21)13(9-11)15(19)17-8-4-3-5-12(17)10-16-2/h6-7,9,12,16H,3-5,8,10H2,1-2H3. The van der Waals surface area contributed by atoms with Crippen molar-refractivity contribution in [1.29, 1.82) is 0 Å². The van der Waals surface area contributed by atoms with Crippen LogP contribution < -0.4 is 5.32 Å². The van der Waals surface area contributed by atoms with Crippen LogP contribution in [-0.2, 0) is 0 Å². The second-order valence-corrected chi connectivity index (χ2v) is 5.48. The first kappa shape index (κ1) is 15.4. The van der Waals surface area contributed by atoms with Gasteiger partial charge in [0.05, 0.1) is 4.92 Å². The highest BCUT2D eigenvalue weighted by Gasteiger charge is 2.30. The van der Waals surface area contributed by atoms with E-state index in [0.717, 1.165) is 24.8 Å². The summed E-state index contributed by atoms with van der Waals surface area (Å²) < 4.78 is 0. The zero-order valence-electron chi connectivity index (χ0n) is 12.5. The molecule has 1 saturated heterocycles. The molecule has 0 aromatic heterocycles. The van der Waals surface area contributed by atoms with Gasteiger partial charge in [0.15, 0.2) is 0 Å². The number of aryl methyl sites for hydroxylation is 1. The number of nitro benzene ring substituents is 1. The molecule has 1 heterocycles. The van der Waals surface area contributed by atoms with Gasteiger partial charge in [0.2, 0.25) is 0 Å². The van der Waals surface area contributed by atoms with Crippen molar-refractivity contribution in [2.75, 3.05) is 20.1 Å². The van der Waals surface area contributed by atoms with E-state index < -0.39 is 4.92 Å². The zero-order chi connectivity index (χ0) is 15.4. The number of hydrogen-bond acceptors (Lipinski definition) is 4. The van der Waals surface area contributed by atoms with E-state index in [1.54, 1.807) is 17.0 Å². The number of benzene rings is 1. The monoisotopic (exact) mass is 291 g/mol. The Morgan fingerprint density at radius 1 is 1.48 bits per heavy atom.